The molecule has 11 heteroatoms. The van der Waals surface area contributed by atoms with E-state index >= 15 is 0 Å². The van der Waals surface area contributed by atoms with Crippen LogP contribution < -0.4 is 5.56 Å². The molecule has 0 spiro atoms. The van der Waals surface area contributed by atoms with Gasteiger partial charge in [0.2, 0.25) is 5.95 Å². The highest BCUT2D eigenvalue weighted by atomic mass is 79.9. The number of nitrogens with zero attached hydrogens (tertiary/aromatic N) is 8. The molecule has 0 saturated heterocycles. The average Bonchev–Trinajstić information content (AvgIpc) is 3.45. The number of fused-ring (bicyclic) bond motifs is 2. The molecule has 39 heavy (non-hydrogen) atoms. The van der Waals surface area contributed by atoms with Crippen LogP contribution in [0.1, 0.15) is 45.5 Å². The molecule has 198 valence electrons. The fourth-order valence-electron chi connectivity index (χ4n) is 5.17. The maximum atomic E-state index is 14.1. The first-order chi connectivity index (χ1) is 18.6. The number of aryl methyl sites for hydroxylation is 4. The molecular formula is C28H27BrN8O2. The molecule has 1 aliphatic heterocycles. The van der Waals surface area contributed by atoms with Gasteiger partial charge in [-0.1, -0.05) is 15.9 Å². The van der Waals surface area contributed by atoms with Gasteiger partial charge in [-0.3, -0.25) is 9.59 Å². The number of halogens is 1. The molecule has 0 unspecified atom stereocenters. The second-order valence-corrected chi connectivity index (χ2v) is 11.0. The monoisotopic (exact) mass is 586 g/mol. The van der Waals surface area contributed by atoms with Gasteiger partial charge in [-0.25, -0.2) is 24.2 Å². The molecule has 1 aromatic carbocycles. The number of pyridine rings is 1. The quantitative estimate of drug-likeness (QED) is 0.317. The van der Waals surface area contributed by atoms with Crippen molar-refractivity contribution in [2.75, 3.05) is 0 Å². The van der Waals surface area contributed by atoms with Crippen LogP contribution in [0.15, 0.2) is 52.0 Å². The van der Waals surface area contributed by atoms with E-state index in [0.717, 1.165) is 26.9 Å². The zero-order chi connectivity index (χ0) is 27.6. The van der Waals surface area contributed by atoms with E-state index in [1.165, 1.54) is 4.57 Å². The molecule has 0 N–H and O–H groups in total. The topological polar surface area (TPSA) is 104 Å². The molecule has 0 saturated carbocycles. The van der Waals surface area contributed by atoms with Crippen LogP contribution >= 0.6 is 15.9 Å². The Morgan fingerprint density at radius 3 is 2.59 bits per heavy atom. The minimum Gasteiger partial charge on any atom is -0.332 e. The highest BCUT2D eigenvalue weighted by Gasteiger charge is 2.33. The predicted molar refractivity (Wildman–Crippen MR) is 150 cm³/mol. The summed E-state index contributed by atoms with van der Waals surface area (Å²) in [4.78, 5) is 43.5. The summed E-state index contributed by atoms with van der Waals surface area (Å²) < 4.78 is 5.99. The molecule has 5 heterocycles. The van der Waals surface area contributed by atoms with E-state index in [9.17, 15) is 9.59 Å². The number of carbonyl (C=O) groups is 1. The lowest BCUT2D eigenvalue weighted by Crippen LogP contribution is -2.46. The van der Waals surface area contributed by atoms with E-state index < -0.39 is 0 Å². The van der Waals surface area contributed by atoms with Gasteiger partial charge in [-0.05, 0) is 76.1 Å². The van der Waals surface area contributed by atoms with Crippen molar-refractivity contribution >= 4 is 33.0 Å². The third-order valence-corrected chi connectivity index (χ3v) is 8.15. The summed E-state index contributed by atoms with van der Waals surface area (Å²) in [6, 6.07) is 11.0. The minimum atomic E-state index is -0.219. The normalized spacial score (nSPS) is 15.1. The van der Waals surface area contributed by atoms with Gasteiger partial charge in [0.05, 0.1) is 29.8 Å². The third-order valence-electron chi connectivity index (χ3n) is 7.26. The van der Waals surface area contributed by atoms with E-state index in [4.69, 9.17) is 9.97 Å². The van der Waals surface area contributed by atoms with Crippen molar-refractivity contribution in [2.24, 2.45) is 7.05 Å². The van der Waals surface area contributed by atoms with Gasteiger partial charge in [-0.15, -0.1) is 0 Å². The average molecular weight is 587 g/mol. The van der Waals surface area contributed by atoms with Gasteiger partial charge < -0.3 is 9.47 Å². The Bertz CT molecular complexity index is 1850. The second-order valence-electron chi connectivity index (χ2n) is 10.1. The highest BCUT2D eigenvalue weighted by Crippen LogP contribution is 2.26. The molecule has 5 aromatic rings. The summed E-state index contributed by atoms with van der Waals surface area (Å²) in [6.07, 6.45) is 2.07. The summed E-state index contributed by atoms with van der Waals surface area (Å²) in [5.41, 5.74) is 5.53. The molecule has 4 aromatic heterocycles. The Morgan fingerprint density at radius 2 is 1.87 bits per heavy atom. The molecule has 10 nitrogen and oxygen atoms in total. The molecule has 0 fully saturated rings. The van der Waals surface area contributed by atoms with E-state index in [1.807, 2.05) is 69.6 Å². The van der Waals surface area contributed by atoms with Crippen LogP contribution in [0.5, 0.6) is 0 Å². The Hall–Kier alpha value is -4.12. The van der Waals surface area contributed by atoms with Gasteiger partial charge in [0, 0.05) is 34.4 Å². The van der Waals surface area contributed by atoms with Crippen molar-refractivity contribution in [3.8, 4) is 11.8 Å². The molecule has 6 rings (SSSR count). The van der Waals surface area contributed by atoms with Crippen LogP contribution in [0, 0.1) is 20.8 Å². The first kappa shape index (κ1) is 25.2. The highest BCUT2D eigenvalue weighted by molar-refractivity contribution is 9.10. The Labute approximate surface area is 233 Å². The van der Waals surface area contributed by atoms with Gasteiger partial charge in [0.1, 0.15) is 5.82 Å². The SMILES string of the molecule is Cc1cc(C)n(-c2nc3c(c(=O)n2-c2ccc4c(ncn4C)n2)C[C@@H](C)N(C(=O)c2ccc(Br)c(C)c2)C3)n1. The smallest absolute Gasteiger partial charge is 0.264 e. The van der Waals surface area contributed by atoms with Crippen LogP contribution in [0.25, 0.3) is 22.9 Å². The number of aromatic nitrogens is 7. The third kappa shape index (κ3) is 4.17. The lowest BCUT2D eigenvalue weighted by Gasteiger charge is -2.34. The number of carbonyl (C=O) groups excluding carboxylic acids is 1. The number of hydrogen-bond donors (Lipinski definition) is 0. The van der Waals surface area contributed by atoms with Crippen molar-refractivity contribution in [1.29, 1.82) is 0 Å². The van der Waals surface area contributed by atoms with Gasteiger partial charge >= 0.3 is 0 Å². The second kappa shape index (κ2) is 9.26. The van der Waals surface area contributed by atoms with Crippen molar-refractivity contribution in [3.63, 3.8) is 0 Å². The summed E-state index contributed by atoms with van der Waals surface area (Å²) in [7, 11) is 1.90. The van der Waals surface area contributed by atoms with Gasteiger partial charge in [0.15, 0.2) is 5.65 Å². The molecule has 0 radical (unpaired) electrons. The van der Waals surface area contributed by atoms with Crippen LogP contribution in [0.3, 0.4) is 0 Å². The van der Waals surface area contributed by atoms with Crippen LogP contribution in [0.4, 0.5) is 0 Å². The molecular weight excluding hydrogens is 560 g/mol. The predicted octanol–water partition coefficient (Wildman–Crippen LogP) is 3.97. The first-order valence-electron chi connectivity index (χ1n) is 12.7. The Kier molecular flexibility index (Phi) is 5.98. The van der Waals surface area contributed by atoms with Crippen LogP contribution in [0.2, 0.25) is 0 Å². The fourth-order valence-corrected chi connectivity index (χ4v) is 5.42. The molecule has 1 aliphatic rings. The Balaban J connectivity index is 1.51. The van der Waals surface area contributed by atoms with Crippen LogP contribution in [-0.2, 0) is 20.0 Å². The largest absolute Gasteiger partial charge is 0.332 e. The summed E-state index contributed by atoms with van der Waals surface area (Å²) in [5.74, 6) is 0.652. The fraction of sp³-hybridized carbons (Fsp3) is 0.286. The van der Waals surface area contributed by atoms with E-state index in [-0.39, 0.29) is 24.1 Å². The van der Waals surface area contributed by atoms with Gasteiger partial charge in [-0.2, -0.15) is 5.10 Å². The molecule has 1 amide bonds. The van der Waals surface area contributed by atoms with E-state index in [0.29, 0.717) is 40.7 Å². The lowest BCUT2D eigenvalue weighted by atomic mass is 9.98. The standard InChI is InChI=1S/C28H27BrN8O2/c1-15-10-19(6-7-21(15)29)26(38)35-13-22-20(12-17(35)3)27(39)36(28(31-22)37-18(4)11-16(2)33-37)24-9-8-23-25(32-24)30-14-34(23)5/h6-11,14,17H,12-13H2,1-5H3/t17-/m1/s1. The molecule has 0 bridgehead atoms. The number of hydrogen-bond acceptors (Lipinski definition) is 6. The zero-order valence-corrected chi connectivity index (χ0v) is 23.9. The maximum absolute atomic E-state index is 14.1. The number of amides is 1. The Morgan fingerprint density at radius 1 is 1.08 bits per heavy atom. The van der Waals surface area contributed by atoms with Crippen molar-refractivity contribution < 1.29 is 4.79 Å². The van der Waals surface area contributed by atoms with Crippen molar-refractivity contribution in [3.05, 3.63) is 91.3 Å². The first-order valence-corrected chi connectivity index (χ1v) is 13.5. The maximum Gasteiger partial charge on any atom is 0.264 e. The van der Waals surface area contributed by atoms with E-state index in [2.05, 4.69) is 26.0 Å². The van der Waals surface area contributed by atoms with Gasteiger partial charge in [0.25, 0.3) is 11.5 Å². The van der Waals surface area contributed by atoms with Crippen molar-refractivity contribution in [2.45, 2.75) is 46.7 Å². The number of rotatable bonds is 3. The molecule has 1 atom stereocenters. The summed E-state index contributed by atoms with van der Waals surface area (Å²) >= 11 is 3.50. The summed E-state index contributed by atoms with van der Waals surface area (Å²) in [6.45, 7) is 7.95. The van der Waals surface area contributed by atoms with Crippen LogP contribution in [-0.4, -0.2) is 50.7 Å². The minimum absolute atomic E-state index is 0.0929. The lowest BCUT2D eigenvalue weighted by molar-refractivity contribution is 0.0652. The summed E-state index contributed by atoms with van der Waals surface area (Å²) in [5, 5.41) is 4.62. The zero-order valence-electron chi connectivity index (χ0n) is 22.3. The molecule has 0 aliphatic carbocycles. The van der Waals surface area contributed by atoms with E-state index in [1.54, 1.807) is 22.0 Å². The number of imidazole rings is 1. The number of benzene rings is 1. The van der Waals surface area contributed by atoms with Crippen molar-refractivity contribution in [1.82, 2.24) is 38.8 Å².